The molecule has 1 rings (SSSR count). The smallest absolute Gasteiger partial charge is 0.0897 e. The topological polar surface area (TPSA) is 60.2 Å². The normalized spacial score (nSPS) is 13.8. The van der Waals surface area contributed by atoms with Gasteiger partial charge in [-0.25, -0.2) is 4.98 Å². The molecule has 4 nitrogen and oxygen atoms in total. The van der Waals surface area contributed by atoms with Crippen molar-refractivity contribution in [2.45, 2.75) is 58.6 Å². The maximum atomic E-state index is 5.99. The molecule has 0 spiro atoms. The van der Waals surface area contributed by atoms with Crippen LogP contribution in [0.3, 0.4) is 0 Å². The molecule has 0 aliphatic carbocycles. The van der Waals surface area contributed by atoms with Crippen LogP contribution in [0.2, 0.25) is 0 Å². The van der Waals surface area contributed by atoms with Crippen molar-refractivity contribution in [1.82, 2.24) is 10.4 Å². The van der Waals surface area contributed by atoms with E-state index < -0.39 is 0 Å². The first-order chi connectivity index (χ1) is 8.61. The van der Waals surface area contributed by atoms with Gasteiger partial charge >= 0.3 is 0 Å². The maximum Gasteiger partial charge on any atom is 0.0897 e. The molecule has 0 saturated heterocycles. The van der Waals surface area contributed by atoms with E-state index >= 15 is 0 Å². The van der Waals surface area contributed by atoms with E-state index in [0.29, 0.717) is 6.61 Å². The summed E-state index contributed by atoms with van der Waals surface area (Å²) in [6.45, 7) is 9.05. The van der Waals surface area contributed by atoms with Gasteiger partial charge in [-0.2, -0.15) is 0 Å². The Balaban J connectivity index is 2.84. The fraction of sp³-hybridized carbons (Fsp3) is 0.769. The van der Waals surface area contributed by atoms with Gasteiger partial charge in [0.1, 0.15) is 0 Å². The summed E-state index contributed by atoms with van der Waals surface area (Å²) in [6.07, 6.45) is 2.69. The zero-order chi connectivity index (χ0) is 13.6. The predicted molar refractivity (Wildman–Crippen MR) is 76.6 cm³/mol. The first-order valence-electron chi connectivity index (χ1n) is 6.62. The summed E-state index contributed by atoms with van der Waals surface area (Å²) in [5.41, 5.74) is 3.81. The van der Waals surface area contributed by atoms with Gasteiger partial charge in [-0.05, 0) is 26.7 Å². The van der Waals surface area contributed by atoms with Gasteiger partial charge in [0.15, 0.2) is 0 Å². The van der Waals surface area contributed by atoms with Crippen LogP contribution in [0.15, 0.2) is 5.38 Å². The fourth-order valence-corrected chi connectivity index (χ4v) is 3.07. The lowest BCUT2D eigenvalue weighted by molar-refractivity contribution is -0.0721. The predicted octanol–water partition coefficient (Wildman–Crippen LogP) is 2.42. The van der Waals surface area contributed by atoms with Crippen molar-refractivity contribution in [3.8, 4) is 0 Å². The van der Waals surface area contributed by atoms with Crippen molar-refractivity contribution < 1.29 is 4.74 Å². The van der Waals surface area contributed by atoms with Gasteiger partial charge in [-0.1, -0.05) is 13.8 Å². The van der Waals surface area contributed by atoms with Crippen molar-refractivity contribution in [1.29, 1.82) is 0 Å². The lowest BCUT2D eigenvalue weighted by Gasteiger charge is -2.38. The molecule has 1 unspecified atom stereocenters. The molecule has 0 saturated carbocycles. The van der Waals surface area contributed by atoms with Gasteiger partial charge in [-0.15, -0.1) is 11.3 Å². The quantitative estimate of drug-likeness (QED) is 0.563. The van der Waals surface area contributed by atoms with E-state index in [4.69, 9.17) is 10.6 Å². The lowest BCUT2D eigenvalue weighted by atomic mass is 9.86. The minimum absolute atomic E-state index is 0.0916. The van der Waals surface area contributed by atoms with Gasteiger partial charge in [0.2, 0.25) is 0 Å². The number of nitrogens with zero attached hydrogens (tertiary/aromatic N) is 1. The minimum Gasteiger partial charge on any atom is -0.374 e. The second kappa shape index (κ2) is 7.19. The molecule has 104 valence electrons. The van der Waals surface area contributed by atoms with E-state index in [1.807, 2.05) is 13.8 Å². The van der Waals surface area contributed by atoms with E-state index in [2.05, 4.69) is 29.6 Å². The summed E-state index contributed by atoms with van der Waals surface area (Å²) in [5, 5.41) is 3.19. The second-order valence-corrected chi connectivity index (χ2v) is 5.55. The Bertz CT molecular complexity index is 350. The van der Waals surface area contributed by atoms with Crippen molar-refractivity contribution in [3.63, 3.8) is 0 Å². The third-order valence-corrected chi connectivity index (χ3v) is 4.37. The highest BCUT2D eigenvalue weighted by atomic mass is 32.1. The summed E-state index contributed by atoms with van der Waals surface area (Å²) >= 11 is 1.68. The molecule has 0 bridgehead atoms. The number of aromatic nitrogens is 1. The van der Waals surface area contributed by atoms with Crippen LogP contribution in [-0.2, 0) is 11.2 Å². The van der Waals surface area contributed by atoms with Crippen LogP contribution in [0, 0.1) is 6.92 Å². The number of nitrogens with one attached hydrogen (secondary N) is 1. The largest absolute Gasteiger partial charge is 0.374 e. The number of rotatable bonds is 8. The Kier molecular flexibility index (Phi) is 6.21. The number of hydrogen-bond donors (Lipinski definition) is 2. The molecule has 1 aromatic rings. The molecule has 1 heterocycles. The molecule has 0 aliphatic rings. The first-order valence-corrected chi connectivity index (χ1v) is 7.50. The van der Waals surface area contributed by atoms with Crippen LogP contribution in [0.25, 0.3) is 0 Å². The zero-order valence-corrected chi connectivity index (χ0v) is 12.6. The molecule has 1 atom stereocenters. The number of thiazole rings is 1. The Morgan fingerprint density at radius 3 is 2.50 bits per heavy atom. The summed E-state index contributed by atoms with van der Waals surface area (Å²) in [4.78, 5) is 4.51. The van der Waals surface area contributed by atoms with Crippen LogP contribution >= 0.6 is 11.3 Å². The maximum absolute atomic E-state index is 5.99. The Labute approximate surface area is 114 Å². The average Bonchev–Trinajstić information content (AvgIpc) is 2.79. The molecule has 1 aromatic heterocycles. The summed E-state index contributed by atoms with van der Waals surface area (Å²) in [5.74, 6) is 5.74. The number of aryl methyl sites for hydroxylation is 1. The number of ether oxygens (including phenoxy) is 1. The highest BCUT2D eigenvalue weighted by Crippen LogP contribution is 2.27. The number of nitrogens with two attached hydrogens (primary N) is 1. The van der Waals surface area contributed by atoms with E-state index in [9.17, 15) is 0 Å². The average molecular weight is 271 g/mol. The van der Waals surface area contributed by atoms with E-state index in [-0.39, 0.29) is 11.6 Å². The molecule has 0 radical (unpaired) electrons. The monoisotopic (exact) mass is 271 g/mol. The SMILES string of the molecule is CCOC(CC)(CC)C(Cc1csc(C)n1)NN. The van der Waals surface area contributed by atoms with Crippen molar-refractivity contribution in [2.75, 3.05) is 6.61 Å². The van der Waals surface area contributed by atoms with Crippen LogP contribution in [-0.4, -0.2) is 23.2 Å². The number of hydrazine groups is 1. The Morgan fingerprint density at radius 1 is 1.44 bits per heavy atom. The first kappa shape index (κ1) is 15.6. The van der Waals surface area contributed by atoms with Crippen LogP contribution in [0.1, 0.15) is 44.3 Å². The molecule has 0 aliphatic heterocycles. The summed E-state index contributed by atoms with van der Waals surface area (Å²) in [6, 6.07) is 0.0916. The molecule has 3 N–H and O–H groups in total. The van der Waals surface area contributed by atoms with Crippen LogP contribution in [0.4, 0.5) is 0 Å². The summed E-state index contributed by atoms with van der Waals surface area (Å²) < 4.78 is 5.99. The van der Waals surface area contributed by atoms with Gasteiger partial charge in [0.25, 0.3) is 0 Å². The Morgan fingerprint density at radius 2 is 2.11 bits per heavy atom. The third kappa shape index (κ3) is 3.51. The minimum atomic E-state index is -0.207. The van der Waals surface area contributed by atoms with Crippen LogP contribution < -0.4 is 11.3 Å². The highest BCUT2D eigenvalue weighted by Gasteiger charge is 2.36. The van der Waals surface area contributed by atoms with E-state index in [1.54, 1.807) is 11.3 Å². The van der Waals surface area contributed by atoms with Crippen LogP contribution in [0.5, 0.6) is 0 Å². The Hall–Kier alpha value is -0.490. The second-order valence-electron chi connectivity index (χ2n) is 4.49. The molecule has 5 heteroatoms. The highest BCUT2D eigenvalue weighted by molar-refractivity contribution is 7.09. The van der Waals surface area contributed by atoms with Gasteiger partial charge < -0.3 is 4.74 Å². The molecule has 0 amide bonds. The molecular formula is C13H25N3OS. The van der Waals surface area contributed by atoms with Crippen molar-refractivity contribution in [2.24, 2.45) is 5.84 Å². The standard InChI is InChI=1S/C13H25N3OS/c1-5-13(6-2,17-7-3)12(16-14)8-11-9-18-10(4)15-11/h9,12,16H,5-8,14H2,1-4H3. The van der Waals surface area contributed by atoms with E-state index in [1.165, 1.54) is 0 Å². The van der Waals surface area contributed by atoms with Gasteiger partial charge in [0, 0.05) is 18.4 Å². The third-order valence-electron chi connectivity index (χ3n) is 3.54. The fourth-order valence-electron chi connectivity index (χ4n) is 2.44. The van der Waals surface area contributed by atoms with Gasteiger partial charge in [0.05, 0.1) is 22.3 Å². The molecular weight excluding hydrogens is 246 g/mol. The van der Waals surface area contributed by atoms with E-state index in [0.717, 1.165) is 30.0 Å². The molecule has 18 heavy (non-hydrogen) atoms. The zero-order valence-electron chi connectivity index (χ0n) is 11.8. The molecule has 0 fully saturated rings. The van der Waals surface area contributed by atoms with Crippen molar-refractivity contribution in [3.05, 3.63) is 16.1 Å². The number of hydrogen-bond acceptors (Lipinski definition) is 5. The van der Waals surface area contributed by atoms with Gasteiger partial charge in [-0.3, -0.25) is 11.3 Å². The summed E-state index contributed by atoms with van der Waals surface area (Å²) in [7, 11) is 0. The lowest BCUT2D eigenvalue weighted by Crippen LogP contribution is -2.55. The molecule has 0 aromatic carbocycles. The van der Waals surface area contributed by atoms with Crippen molar-refractivity contribution >= 4 is 11.3 Å².